The van der Waals surface area contributed by atoms with E-state index in [0.717, 1.165) is 11.6 Å². The van der Waals surface area contributed by atoms with Crippen molar-refractivity contribution in [3.8, 4) is 0 Å². The van der Waals surface area contributed by atoms with E-state index in [9.17, 15) is 13.2 Å². The summed E-state index contributed by atoms with van der Waals surface area (Å²) in [6.07, 6.45) is -3.46. The predicted molar refractivity (Wildman–Crippen MR) is 70.3 cm³/mol. The van der Waals surface area contributed by atoms with Crippen molar-refractivity contribution in [3.05, 3.63) is 70.2 Å². The van der Waals surface area contributed by atoms with E-state index in [4.69, 9.17) is 11.6 Å². The first-order chi connectivity index (χ1) is 8.97. The van der Waals surface area contributed by atoms with Gasteiger partial charge in [-0.2, -0.15) is 13.2 Å². The minimum Gasteiger partial charge on any atom is -0.166 e. The number of aryl methyl sites for hydroxylation is 2. The molecule has 0 atom stereocenters. The van der Waals surface area contributed by atoms with Crippen LogP contribution in [0.1, 0.15) is 16.7 Å². The molecule has 2 aromatic carbocycles. The van der Waals surface area contributed by atoms with E-state index in [-0.39, 0.29) is 5.56 Å². The normalized spacial score (nSPS) is 11.6. The van der Waals surface area contributed by atoms with Crippen LogP contribution in [-0.2, 0) is 19.0 Å². The minimum atomic E-state index is -4.34. The van der Waals surface area contributed by atoms with Crippen LogP contribution in [-0.4, -0.2) is 0 Å². The molecule has 0 aromatic heterocycles. The number of halogens is 4. The van der Waals surface area contributed by atoms with Gasteiger partial charge in [0.2, 0.25) is 0 Å². The molecule has 0 heterocycles. The predicted octanol–water partition coefficient (Wildman–Crippen LogP) is 5.14. The fourth-order valence-electron chi connectivity index (χ4n) is 1.97. The third-order valence-electron chi connectivity index (χ3n) is 2.90. The first kappa shape index (κ1) is 13.9. The van der Waals surface area contributed by atoms with Crippen LogP contribution in [0.3, 0.4) is 0 Å². The summed E-state index contributed by atoms with van der Waals surface area (Å²) in [7, 11) is 0. The summed E-state index contributed by atoms with van der Waals surface area (Å²) < 4.78 is 38.6. The van der Waals surface area contributed by atoms with Crippen LogP contribution >= 0.6 is 11.6 Å². The van der Waals surface area contributed by atoms with Gasteiger partial charge in [0.15, 0.2) is 0 Å². The zero-order valence-corrected chi connectivity index (χ0v) is 10.8. The van der Waals surface area contributed by atoms with Crippen molar-refractivity contribution in [1.29, 1.82) is 0 Å². The Morgan fingerprint density at radius 2 is 1.58 bits per heavy atom. The second kappa shape index (κ2) is 5.66. The lowest BCUT2D eigenvalue weighted by Crippen LogP contribution is -2.09. The molecule has 0 aliphatic carbocycles. The van der Waals surface area contributed by atoms with E-state index in [0.29, 0.717) is 17.9 Å². The van der Waals surface area contributed by atoms with E-state index < -0.39 is 11.7 Å². The molecular weight excluding hydrogens is 273 g/mol. The number of rotatable bonds is 3. The molecule has 0 aliphatic heterocycles. The molecule has 0 saturated carbocycles. The van der Waals surface area contributed by atoms with E-state index >= 15 is 0 Å². The summed E-state index contributed by atoms with van der Waals surface area (Å²) in [5, 5.41) is 0.330. The van der Waals surface area contributed by atoms with E-state index in [2.05, 4.69) is 0 Å². The molecule has 0 unspecified atom stereocenters. The third kappa shape index (κ3) is 3.74. The highest BCUT2D eigenvalue weighted by Gasteiger charge is 2.32. The molecule has 0 bridgehead atoms. The Bertz CT molecular complexity index is 547. The minimum absolute atomic E-state index is 0.240. The van der Waals surface area contributed by atoms with Crippen LogP contribution in [0.15, 0.2) is 48.5 Å². The molecule has 2 rings (SSSR count). The SMILES string of the molecule is FC(F)(F)c1ccc(Cl)cc1CCc1ccccc1. The Labute approximate surface area is 114 Å². The molecule has 2 aromatic rings. The highest BCUT2D eigenvalue weighted by Crippen LogP contribution is 2.33. The maximum atomic E-state index is 12.9. The van der Waals surface area contributed by atoms with Crippen molar-refractivity contribution in [2.24, 2.45) is 0 Å². The van der Waals surface area contributed by atoms with Gasteiger partial charge < -0.3 is 0 Å². The smallest absolute Gasteiger partial charge is 0.166 e. The summed E-state index contributed by atoms with van der Waals surface area (Å²) >= 11 is 5.78. The Balaban J connectivity index is 2.22. The van der Waals surface area contributed by atoms with Gasteiger partial charge in [-0.1, -0.05) is 41.9 Å². The molecule has 100 valence electrons. The monoisotopic (exact) mass is 284 g/mol. The Kier molecular flexibility index (Phi) is 4.15. The van der Waals surface area contributed by atoms with E-state index in [1.807, 2.05) is 30.3 Å². The largest absolute Gasteiger partial charge is 0.416 e. The molecule has 0 saturated heterocycles. The fourth-order valence-corrected chi connectivity index (χ4v) is 2.16. The lowest BCUT2D eigenvalue weighted by Gasteiger charge is -2.13. The van der Waals surface area contributed by atoms with Gasteiger partial charge in [0.05, 0.1) is 5.56 Å². The van der Waals surface area contributed by atoms with Crippen LogP contribution in [0, 0.1) is 0 Å². The average molecular weight is 285 g/mol. The quantitative estimate of drug-likeness (QED) is 0.732. The first-order valence-electron chi connectivity index (χ1n) is 5.86. The van der Waals surface area contributed by atoms with E-state index in [1.54, 1.807) is 0 Å². The van der Waals surface area contributed by atoms with Crippen molar-refractivity contribution in [1.82, 2.24) is 0 Å². The van der Waals surface area contributed by atoms with Crippen molar-refractivity contribution in [3.63, 3.8) is 0 Å². The van der Waals surface area contributed by atoms with Crippen LogP contribution in [0.4, 0.5) is 13.2 Å². The lowest BCUT2D eigenvalue weighted by molar-refractivity contribution is -0.138. The van der Waals surface area contributed by atoms with Crippen LogP contribution in [0.2, 0.25) is 5.02 Å². The molecule has 0 N–H and O–H groups in total. The zero-order valence-electron chi connectivity index (χ0n) is 10.0. The first-order valence-corrected chi connectivity index (χ1v) is 6.24. The third-order valence-corrected chi connectivity index (χ3v) is 3.13. The van der Waals surface area contributed by atoms with Crippen molar-refractivity contribution in [2.45, 2.75) is 19.0 Å². The second-order valence-electron chi connectivity index (χ2n) is 4.28. The summed E-state index contributed by atoms with van der Waals surface area (Å²) in [6, 6.07) is 13.1. The molecule has 0 amide bonds. The summed E-state index contributed by atoms with van der Waals surface area (Å²) in [5.74, 6) is 0. The number of hydrogen-bond acceptors (Lipinski definition) is 0. The Morgan fingerprint density at radius 1 is 0.895 bits per heavy atom. The molecule has 0 aliphatic rings. The summed E-state index contributed by atoms with van der Waals surface area (Å²) in [6.45, 7) is 0. The van der Waals surface area contributed by atoms with E-state index in [1.165, 1.54) is 12.1 Å². The number of alkyl halides is 3. The zero-order chi connectivity index (χ0) is 13.9. The molecule has 0 nitrogen and oxygen atoms in total. The van der Waals surface area contributed by atoms with Gasteiger partial charge in [0, 0.05) is 5.02 Å². The van der Waals surface area contributed by atoms with Crippen molar-refractivity contribution < 1.29 is 13.2 Å². The van der Waals surface area contributed by atoms with Crippen molar-refractivity contribution in [2.75, 3.05) is 0 Å². The van der Waals surface area contributed by atoms with Gasteiger partial charge in [-0.15, -0.1) is 0 Å². The number of benzene rings is 2. The highest BCUT2D eigenvalue weighted by molar-refractivity contribution is 6.30. The maximum absolute atomic E-state index is 12.9. The molecular formula is C15H12ClF3. The van der Waals surface area contributed by atoms with Gasteiger partial charge in [-0.3, -0.25) is 0 Å². The molecule has 0 spiro atoms. The summed E-state index contributed by atoms with van der Waals surface area (Å²) in [4.78, 5) is 0. The topological polar surface area (TPSA) is 0 Å². The average Bonchev–Trinajstić information content (AvgIpc) is 2.36. The fraction of sp³-hybridized carbons (Fsp3) is 0.200. The molecule has 0 fully saturated rings. The molecule has 4 heteroatoms. The van der Waals surface area contributed by atoms with Crippen LogP contribution < -0.4 is 0 Å². The van der Waals surface area contributed by atoms with Gasteiger partial charge in [-0.25, -0.2) is 0 Å². The second-order valence-corrected chi connectivity index (χ2v) is 4.72. The van der Waals surface area contributed by atoms with Crippen LogP contribution in [0.5, 0.6) is 0 Å². The standard InChI is InChI=1S/C15H12ClF3/c16-13-8-9-14(15(17,18)19)12(10-13)7-6-11-4-2-1-3-5-11/h1-5,8-10H,6-7H2. The lowest BCUT2D eigenvalue weighted by atomic mass is 9.99. The van der Waals surface area contributed by atoms with Gasteiger partial charge in [0.25, 0.3) is 0 Å². The number of hydrogen-bond donors (Lipinski definition) is 0. The summed E-state index contributed by atoms with van der Waals surface area (Å²) in [5.41, 5.74) is 0.646. The maximum Gasteiger partial charge on any atom is 0.416 e. The van der Waals surface area contributed by atoms with Crippen molar-refractivity contribution >= 4 is 11.6 Å². The Hall–Kier alpha value is -1.48. The van der Waals surface area contributed by atoms with Gasteiger partial charge >= 0.3 is 6.18 Å². The van der Waals surface area contributed by atoms with Gasteiger partial charge in [-0.05, 0) is 42.2 Å². The molecule has 0 radical (unpaired) electrons. The molecule has 19 heavy (non-hydrogen) atoms. The Morgan fingerprint density at radius 3 is 2.21 bits per heavy atom. The highest BCUT2D eigenvalue weighted by atomic mass is 35.5. The van der Waals surface area contributed by atoms with Gasteiger partial charge in [0.1, 0.15) is 0 Å². The van der Waals surface area contributed by atoms with Crippen LogP contribution in [0.25, 0.3) is 0 Å².